The Labute approximate surface area is 104 Å². The molecule has 2 unspecified atom stereocenters. The van der Waals surface area contributed by atoms with Crippen molar-refractivity contribution < 1.29 is 0 Å². The van der Waals surface area contributed by atoms with Gasteiger partial charge >= 0.3 is 0 Å². The molecule has 2 N–H and O–H groups in total. The van der Waals surface area contributed by atoms with Gasteiger partial charge in [-0.25, -0.2) is 0 Å². The average Bonchev–Trinajstić information content (AvgIpc) is 2.15. The summed E-state index contributed by atoms with van der Waals surface area (Å²) in [5.74, 6) is 0. The van der Waals surface area contributed by atoms with E-state index in [2.05, 4.69) is 30.5 Å². The largest absolute Gasteiger partial charge is 0.324 e. The van der Waals surface area contributed by atoms with E-state index >= 15 is 0 Å². The molecule has 16 heavy (non-hydrogen) atoms. The van der Waals surface area contributed by atoms with E-state index in [1.807, 2.05) is 0 Å². The topological polar surface area (TPSA) is 29.3 Å². The lowest BCUT2D eigenvalue weighted by Gasteiger charge is -2.42. The maximum atomic E-state index is 6.53. The molecule has 0 spiro atoms. The Hall–Kier alpha value is 0.270. The number of nitrogens with zero attached hydrogens (tertiary/aromatic N) is 1. The van der Waals surface area contributed by atoms with Crippen LogP contribution in [-0.4, -0.2) is 40.6 Å². The fraction of sp³-hybridized carbons (Fsp3) is 1.00. The van der Waals surface area contributed by atoms with E-state index in [1.165, 1.54) is 45.2 Å². The van der Waals surface area contributed by atoms with Crippen LogP contribution in [0.25, 0.3) is 0 Å². The Kier molecular flexibility index (Phi) is 4.20. The van der Waals surface area contributed by atoms with Gasteiger partial charge in [0.05, 0.1) is 0 Å². The van der Waals surface area contributed by atoms with Crippen LogP contribution >= 0.6 is 11.8 Å². The third-order valence-electron chi connectivity index (χ3n) is 3.88. The molecule has 2 nitrogen and oxygen atoms in total. The summed E-state index contributed by atoms with van der Waals surface area (Å²) in [6.45, 7) is 8.28. The molecule has 0 aromatic rings. The van der Waals surface area contributed by atoms with E-state index < -0.39 is 0 Å². The van der Waals surface area contributed by atoms with Crippen molar-refractivity contribution in [1.29, 1.82) is 0 Å². The molecular formula is C13H26N2S. The second-order valence-corrected chi connectivity index (χ2v) is 7.76. The molecule has 1 saturated carbocycles. The van der Waals surface area contributed by atoms with Gasteiger partial charge in [-0.15, -0.1) is 0 Å². The molecule has 0 amide bonds. The summed E-state index contributed by atoms with van der Waals surface area (Å²) >= 11 is 2.12. The minimum atomic E-state index is 0.125. The zero-order chi connectivity index (χ0) is 11.6. The summed E-state index contributed by atoms with van der Waals surface area (Å²) in [5, 5.41) is 1.55. The predicted octanol–water partition coefficient (Wildman–Crippen LogP) is 2.47. The zero-order valence-electron chi connectivity index (χ0n) is 10.7. The first kappa shape index (κ1) is 12.7. The molecule has 0 radical (unpaired) electrons. The van der Waals surface area contributed by atoms with Gasteiger partial charge in [0, 0.05) is 35.7 Å². The molecule has 0 bridgehead atoms. The third-order valence-corrected chi connectivity index (χ3v) is 5.11. The van der Waals surface area contributed by atoms with Gasteiger partial charge in [0.2, 0.25) is 0 Å². The van der Waals surface area contributed by atoms with Crippen LogP contribution in [0.5, 0.6) is 0 Å². The molecule has 0 aromatic heterocycles. The summed E-state index contributed by atoms with van der Waals surface area (Å²) in [4.78, 5) is 2.61. The highest BCUT2D eigenvalue weighted by atomic mass is 32.2. The minimum Gasteiger partial charge on any atom is -0.324 e. The molecule has 94 valence electrons. The van der Waals surface area contributed by atoms with Crippen molar-refractivity contribution in [3.8, 4) is 0 Å². The van der Waals surface area contributed by atoms with E-state index in [-0.39, 0.29) is 5.54 Å². The molecule has 1 heterocycles. The smallest absolute Gasteiger partial charge is 0.0283 e. The summed E-state index contributed by atoms with van der Waals surface area (Å²) in [6, 6.07) is 0. The maximum Gasteiger partial charge on any atom is 0.0283 e. The van der Waals surface area contributed by atoms with E-state index in [9.17, 15) is 0 Å². The number of hydrogen-bond acceptors (Lipinski definition) is 3. The lowest BCUT2D eigenvalue weighted by atomic mass is 9.82. The number of rotatable bonds is 2. The van der Waals surface area contributed by atoms with Crippen LogP contribution in [0, 0.1) is 0 Å². The number of nitrogens with two attached hydrogens (primary N) is 1. The Morgan fingerprint density at radius 2 is 1.69 bits per heavy atom. The number of thioether (sulfide) groups is 1. The van der Waals surface area contributed by atoms with Crippen molar-refractivity contribution in [3.05, 3.63) is 0 Å². The van der Waals surface area contributed by atoms with Crippen LogP contribution in [0.2, 0.25) is 0 Å². The second-order valence-electron chi connectivity index (χ2n) is 5.87. The van der Waals surface area contributed by atoms with Gasteiger partial charge < -0.3 is 5.73 Å². The highest BCUT2D eigenvalue weighted by Gasteiger charge is 2.32. The van der Waals surface area contributed by atoms with Crippen molar-refractivity contribution >= 4 is 11.8 Å². The summed E-state index contributed by atoms with van der Waals surface area (Å²) < 4.78 is 0. The van der Waals surface area contributed by atoms with E-state index in [4.69, 9.17) is 5.73 Å². The van der Waals surface area contributed by atoms with Crippen molar-refractivity contribution in [3.63, 3.8) is 0 Å². The minimum absolute atomic E-state index is 0.125. The van der Waals surface area contributed by atoms with Crippen LogP contribution in [0.1, 0.15) is 46.0 Å². The molecule has 3 heteroatoms. The number of hydrogen-bond donors (Lipinski definition) is 1. The Morgan fingerprint density at radius 1 is 1.12 bits per heavy atom. The van der Waals surface area contributed by atoms with Crippen LogP contribution in [0.4, 0.5) is 0 Å². The van der Waals surface area contributed by atoms with Crippen LogP contribution in [-0.2, 0) is 0 Å². The normalized spacial score (nSPS) is 36.2. The van der Waals surface area contributed by atoms with Gasteiger partial charge in [-0.05, 0) is 12.8 Å². The molecule has 1 saturated heterocycles. The fourth-order valence-corrected chi connectivity index (χ4v) is 4.66. The van der Waals surface area contributed by atoms with E-state index in [0.29, 0.717) is 0 Å². The molecule has 2 fully saturated rings. The molecular weight excluding hydrogens is 216 g/mol. The first-order valence-electron chi connectivity index (χ1n) is 6.74. The second kappa shape index (κ2) is 5.28. The summed E-state index contributed by atoms with van der Waals surface area (Å²) in [5.41, 5.74) is 6.66. The molecule has 2 rings (SSSR count). The van der Waals surface area contributed by atoms with E-state index in [1.54, 1.807) is 0 Å². The first-order chi connectivity index (χ1) is 7.57. The van der Waals surface area contributed by atoms with Crippen molar-refractivity contribution in [2.24, 2.45) is 5.73 Å². The van der Waals surface area contributed by atoms with Crippen LogP contribution in [0.15, 0.2) is 0 Å². The summed E-state index contributed by atoms with van der Waals surface area (Å²) in [7, 11) is 0. The highest BCUT2D eigenvalue weighted by Crippen LogP contribution is 2.30. The third kappa shape index (κ3) is 3.38. The Bertz CT molecular complexity index is 216. The molecule has 2 atom stereocenters. The quantitative estimate of drug-likeness (QED) is 0.806. The first-order valence-corrected chi connectivity index (χ1v) is 7.68. The molecule has 1 aliphatic carbocycles. The predicted molar refractivity (Wildman–Crippen MR) is 73.0 cm³/mol. The van der Waals surface area contributed by atoms with E-state index in [0.717, 1.165) is 17.0 Å². The Morgan fingerprint density at radius 3 is 2.25 bits per heavy atom. The van der Waals surface area contributed by atoms with Gasteiger partial charge in [-0.1, -0.05) is 33.1 Å². The average molecular weight is 242 g/mol. The SMILES string of the molecule is CC1CN(CC2(N)CCCCC2)CC(C)S1. The standard InChI is InChI=1S/C13H26N2S/c1-11-8-15(9-12(2)16-11)10-13(14)6-4-3-5-7-13/h11-12H,3-10,14H2,1-2H3. The highest BCUT2D eigenvalue weighted by molar-refractivity contribution is 8.00. The monoisotopic (exact) mass is 242 g/mol. The lowest BCUT2D eigenvalue weighted by Crippen LogP contribution is -2.54. The molecule has 0 aromatic carbocycles. The molecule has 1 aliphatic heterocycles. The van der Waals surface area contributed by atoms with Gasteiger partial charge in [0.25, 0.3) is 0 Å². The van der Waals surface area contributed by atoms with Crippen molar-refractivity contribution in [2.75, 3.05) is 19.6 Å². The Balaban J connectivity index is 1.87. The van der Waals surface area contributed by atoms with Gasteiger partial charge in [0.1, 0.15) is 0 Å². The summed E-state index contributed by atoms with van der Waals surface area (Å²) in [6.07, 6.45) is 6.54. The maximum absolute atomic E-state index is 6.53. The lowest BCUT2D eigenvalue weighted by molar-refractivity contribution is 0.171. The fourth-order valence-electron chi connectivity index (χ4n) is 3.27. The van der Waals surface area contributed by atoms with Gasteiger partial charge in [-0.2, -0.15) is 11.8 Å². The van der Waals surface area contributed by atoms with Crippen molar-refractivity contribution in [2.45, 2.75) is 62.0 Å². The zero-order valence-corrected chi connectivity index (χ0v) is 11.6. The van der Waals surface area contributed by atoms with Crippen molar-refractivity contribution in [1.82, 2.24) is 4.90 Å². The van der Waals surface area contributed by atoms with Gasteiger partial charge in [-0.3, -0.25) is 4.90 Å². The molecule has 2 aliphatic rings. The van der Waals surface area contributed by atoms with Crippen LogP contribution in [0.3, 0.4) is 0 Å². The van der Waals surface area contributed by atoms with Crippen LogP contribution < -0.4 is 5.73 Å². The van der Waals surface area contributed by atoms with Gasteiger partial charge in [0.15, 0.2) is 0 Å².